The normalized spacial score (nSPS) is 28.6. The van der Waals surface area contributed by atoms with Crippen LogP contribution in [0.2, 0.25) is 0 Å². The van der Waals surface area contributed by atoms with Gasteiger partial charge in [0.25, 0.3) is 5.91 Å². The van der Waals surface area contributed by atoms with Crippen molar-refractivity contribution in [1.29, 1.82) is 0 Å². The minimum atomic E-state index is 0.124. The maximum absolute atomic E-state index is 12.6. The largest absolute Gasteiger partial charge is 0.497 e. The number of benzene rings is 1. The Bertz CT molecular complexity index is 535. The van der Waals surface area contributed by atoms with Gasteiger partial charge in [0.05, 0.1) is 12.7 Å². The fraction of sp³-hybridized carbons (Fsp3) is 0.533. The summed E-state index contributed by atoms with van der Waals surface area (Å²) < 4.78 is 6.12. The van der Waals surface area contributed by atoms with Gasteiger partial charge in [0, 0.05) is 22.7 Å². The van der Waals surface area contributed by atoms with Crippen LogP contribution in [0.3, 0.4) is 0 Å². The molecule has 2 aliphatic rings. The first-order valence-electron chi connectivity index (χ1n) is 6.98. The van der Waals surface area contributed by atoms with Crippen molar-refractivity contribution < 1.29 is 9.53 Å². The van der Waals surface area contributed by atoms with E-state index in [0.717, 1.165) is 40.8 Å². The van der Waals surface area contributed by atoms with Gasteiger partial charge in [-0.15, -0.1) is 0 Å². The molecule has 1 heterocycles. The summed E-state index contributed by atoms with van der Waals surface area (Å²) in [6, 6.07) is 5.87. The second kappa shape index (κ2) is 5.52. The van der Waals surface area contributed by atoms with E-state index in [1.54, 1.807) is 7.11 Å². The molecule has 1 amide bonds. The fourth-order valence-electron chi connectivity index (χ4n) is 3.44. The zero-order valence-corrected chi connectivity index (χ0v) is 13.7. The summed E-state index contributed by atoms with van der Waals surface area (Å²) in [6.07, 6.45) is 2.27. The molecule has 1 aliphatic carbocycles. The van der Waals surface area contributed by atoms with E-state index in [1.807, 2.05) is 23.1 Å². The van der Waals surface area contributed by atoms with Gasteiger partial charge in [-0.3, -0.25) is 4.79 Å². The Kier molecular flexibility index (Phi) is 3.90. The molecule has 2 fully saturated rings. The van der Waals surface area contributed by atoms with Crippen molar-refractivity contribution in [1.82, 2.24) is 4.90 Å². The molecule has 20 heavy (non-hydrogen) atoms. The average molecular weight is 386 g/mol. The lowest BCUT2D eigenvalue weighted by molar-refractivity contribution is 0.0778. The Morgan fingerprint density at radius 2 is 2.20 bits per heavy atom. The van der Waals surface area contributed by atoms with Crippen LogP contribution >= 0.6 is 22.6 Å². The van der Waals surface area contributed by atoms with Crippen LogP contribution in [0.5, 0.6) is 5.75 Å². The molecular weight excluding hydrogens is 367 g/mol. The molecule has 1 saturated carbocycles. The molecule has 4 nitrogen and oxygen atoms in total. The summed E-state index contributed by atoms with van der Waals surface area (Å²) in [5.74, 6) is 2.00. The zero-order valence-electron chi connectivity index (χ0n) is 11.5. The molecule has 3 atom stereocenters. The summed E-state index contributed by atoms with van der Waals surface area (Å²) in [5, 5.41) is 0. The van der Waals surface area contributed by atoms with Gasteiger partial charge in [0.2, 0.25) is 0 Å². The molecule has 0 radical (unpaired) electrons. The van der Waals surface area contributed by atoms with Gasteiger partial charge in [-0.2, -0.15) is 0 Å². The Balaban J connectivity index is 1.77. The van der Waals surface area contributed by atoms with E-state index in [4.69, 9.17) is 10.5 Å². The molecule has 0 spiro atoms. The molecule has 3 unspecified atom stereocenters. The monoisotopic (exact) mass is 386 g/mol. The number of rotatable bonds is 2. The molecule has 1 aromatic rings. The van der Waals surface area contributed by atoms with E-state index in [2.05, 4.69) is 22.6 Å². The number of carbonyl (C=O) groups is 1. The van der Waals surface area contributed by atoms with Crippen molar-refractivity contribution in [3.63, 3.8) is 0 Å². The minimum Gasteiger partial charge on any atom is -0.497 e. The highest BCUT2D eigenvalue weighted by atomic mass is 127. The van der Waals surface area contributed by atoms with E-state index >= 15 is 0 Å². The van der Waals surface area contributed by atoms with E-state index < -0.39 is 0 Å². The quantitative estimate of drug-likeness (QED) is 0.793. The molecular formula is C15H19IN2O2. The number of carbonyl (C=O) groups excluding carboxylic acids is 1. The number of hydrogen-bond acceptors (Lipinski definition) is 3. The number of methoxy groups -OCH3 is 1. The number of hydrogen-bond donors (Lipinski definition) is 1. The molecule has 2 N–H and O–H groups in total. The van der Waals surface area contributed by atoms with Gasteiger partial charge in [0.15, 0.2) is 0 Å². The lowest BCUT2D eigenvalue weighted by Crippen LogP contribution is -2.33. The average Bonchev–Trinajstić information content (AvgIpc) is 3.00. The minimum absolute atomic E-state index is 0.124. The van der Waals surface area contributed by atoms with Crippen molar-refractivity contribution in [2.75, 3.05) is 20.2 Å². The van der Waals surface area contributed by atoms with Crippen LogP contribution in [0.15, 0.2) is 18.2 Å². The van der Waals surface area contributed by atoms with Crippen molar-refractivity contribution in [3.8, 4) is 5.75 Å². The number of amides is 1. The number of fused-ring (bicyclic) bond motifs is 1. The first kappa shape index (κ1) is 14.1. The molecule has 1 aromatic carbocycles. The van der Waals surface area contributed by atoms with Crippen molar-refractivity contribution in [2.45, 2.75) is 18.9 Å². The van der Waals surface area contributed by atoms with Gasteiger partial charge >= 0.3 is 0 Å². The third-order valence-electron chi connectivity index (χ3n) is 4.61. The van der Waals surface area contributed by atoms with Crippen molar-refractivity contribution >= 4 is 28.5 Å². The van der Waals surface area contributed by atoms with Crippen LogP contribution in [0.25, 0.3) is 0 Å². The number of ether oxygens (including phenoxy) is 1. The lowest BCUT2D eigenvalue weighted by atomic mass is 9.98. The Morgan fingerprint density at radius 1 is 1.40 bits per heavy atom. The zero-order chi connectivity index (χ0) is 14.3. The lowest BCUT2D eigenvalue weighted by Gasteiger charge is -2.19. The maximum atomic E-state index is 12.6. The summed E-state index contributed by atoms with van der Waals surface area (Å²) >= 11 is 2.20. The van der Waals surface area contributed by atoms with Crippen LogP contribution in [0, 0.1) is 15.4 Å². The van der Waals surface area contributed by atoms with Crippen LogP contribution in [-0.4, -0.2) is 37.0 Å². The van der Waals surface area contributed by atoms with Crippen LogP contribution in [0.4, 0.5) is 0 Å². The Labute approximate surface area is 132 Å². The van der Waals surface area contributed by atoms with Crippen molar-refractivity contribution in [3.05, 3.63) is 27.3 Å². The molecule has 0 aromatic heterocycles. The number of halogens is 1. The molecule has 1 aliphatic heterocycles. The Morgan fingerprint density at radius 3 is 2.85 bits per heavy atom. The number of likely N-dealkylation sites (tertiary alicyclic amines) is 1. The Hall–Kier alpha value is -0.820. The molecule has 108 valence electrons. The smallest absolute Gasteiger partial charge is 0.254 e. The van der Waals surface area contributed by atoms with Gasteiger partial charge < -0.3 is 15.4 Å². The fourth-order valence-corrected chi connectivity index (χ4v) is 4.16. The predicted octanol–water partition coefficient (Wildman–Crippen LogP) is 2.11. The summed E-state index contributed by atoms with van der Waals surface area (Å²) in [5.41, 5.74) is 6.90. The van der Waals surface area contributed by atoms with Crippen LogP contribution in [0.1, 0.15) is 23.2 Å². The third-order valence-corrected chi connectivity index (χ3v) is 5.50. The summed E-state index contributed by atoms with van der Waals surface area (Å²) in [4.78, 5) is 14.6. The van der Waals surface area contributed by atoms with Crippen LogP contribution < -0.4 is 10.5 Å². The number of nitrogens with zero attached hydrogens (tertiary/aromatic N) is 1. The van der Waals surface area contributed by atoms with Gasteiger partial charge in [-0.25, -0.2) is 0 Å². The second-order valence-corrected chi connectivity index (χ2v) is 6.88. The first-order valence-corrected chi connectivity index (χ1v) is 8.06. The predicted molar refractivity (Wildman–Crippen MR) is 85.8 cm³/mol. The standard InChI is InChI=1S/C15H19IN2O2/c1-20-10-3-4-11(13(16)6-10)15(19)18-7-9-2-5-14(17)12(9)8-18/h3-4,6,9,12,14H,2,5,7-8,17H2,1H3. The summed E-state index contributed by atoms with van der Waals surface area (Å²) in [6.45, 7) is 1.67. The topological polar surface area (TPSA) is 55.6 Å². The molecule has 5 heteroatoms. The van der Waals surface area contributed by atoms with Gasteiger partial charge in [0.1, 0.15) is 5.75 Å². The highest BCUT2D eigenvalue weighted by molar-refractivity contribution is 14.1. The number of nitrogens with two attached hydrogens (primary N) is 1. The van der Waals surface area contributed by atoms with Gasteiger partial charge in [-0.05, 0) is 65.5 Å². The van der Waals surface area contributed by atoms with E-state index in [0.29, 0.717) is 11.8 Å². The highest BCUT2D eigenvalue weighted by Crippen LogP contribution is 2.37. The van der Waals surface area contributed by atoms with Crippen LogP contribution in [-0.2, 0) is 0 Å². The van der Waals surface area contributed by atoms with Gasteiger partial charge in [-0.1, -0.05) is 0 Å². The third kappa shape index (κ3) is 2.41. The van der Waals surface area contributed by atoms with E-state index in [1.165, 1.54) is 0 Å². The maximum Gasteiger partial charge on any atom is 0.254 e. The highest BCUT2D eigenvalue weighted by Gasteiger charge is 2.42. The van der Waals surface area contributed by atoms with Crippen molar-refractivity contribution in [2.24, 2.45) is 17.6 Å². The van der Waals surface area contributed by atoms with E-state index in [-0.39, 0.29) is 11.9 Å². The molecule has 3 rings (SSSR count). The summed E-state index contributed by atoms with van der Waals surface area (Å²) in [7, 11) is 1.63. The second-order valence-electron chi connectivity index (χ2n) is 5.72. The SMILES string of the molecule is COc1ccc(C(=O)N2CC3CCC(N)C3C2)c(I)c1. The molecule has 0 bridgehead atoms. The van der Waals surface area contributed by atoms with E-state index in [9.17, 15) is 4.79 Å². The molecule has 1 saturated heterocycles. The first-order chi connectivity index (χ1) is 9.60.